The predicted molar refractivity (Wildman–Crippen MR) is 108 cm³/mol. The molecule has 3 rings (SSSR count). The van der Waals surface area contributed by atoms with Crippen molar-refractivity contribution >= 4 is 39.1 Å². The second-order valence-corrected chi connectivity index (χ2v) is 8.76. The Morgan fingerprint density at radius 2 is 1.92 bits per heavy atom. The van der Waals surface area contributed by atoms with Gasteiger partial charge in [0.05, 0.1) is 5.39 Å². The van der Waals surface area contributed by atoms with Gasteiger partial charge in [0.15, 0.2) is 0 Å². The highest BCUT2D eigenvalue weighted by Gasteiger charge is 2.17. The van der Waals surface area contributed by atoms with E-state index in [0.717, 1.165) is 21.0 Å². The Kier molecular flexibility index (Phi) is 5.54. The van der Waals surface area contributed by atoms with Gasteiger partial charge in [0, 0.05) is 22.6 Å². The summed E-state index contributed by atoms with van der Waals surface area (Å²) in [5.41, 5.74) is 3.77. The number of Topliss-reactive ketones (excluding diaryl/α,β-unsaturated/α-hetero) is 1. The van der Waals surface area contributed by atoms with Crippen LogP contribution in [0, 0.1) is 6.92 Å². The lowest BCUT2D eigenvalue weighted by Gasteiger charge is -2.09. The minimum Gasteiger partial charge on any atom is -0.300 e. The standard InChI is InChI=1S/C20H22N2OS2/c1-12(2)15-5-7-16(8-6-15)17-14(4)25-20-18(17)19(21-11-22-20)24-10-9-13(3)23/h5-8,11-12H,9-10H2,1-4H3. The number of ketones is 1. The molecule has 1 aromatic carbocycles. The molecule has 0 spiro atoms. The number of carbonyl (C=O) groups excluding carboxylic acids is 1. The fraction of sp³-hybridized carbons (Fsp3) is 0.350. The monoisotopic (exact) mass is 370 g/mol. The van der Waals surface area contributed by atoms with Gasteiger partial charge in [0.25, 0.3) is 0 Å². The number of thioether (sulfide) groups is 1. The molecule has 0 unspecified atom stereocenters. The lowest BCUT2D eigenvalue weighted by Crippen LogP contribution is -1.93. The molecule has 2 heterocycles. The number of rotatable bonds is 6. The summed E-state index contributed by atoms with van der Waals surface area (Å²) in [7, 11) is 0. The highest BCUT2D eigenvalue weighted by molar-refractivity contribution is 7.99. The van der Waals surface area contributed by atoms with Gasteiger partial charge in [-0.3, -0.25) is 4.79 Å². The zero-order chi connectivity index (χ0) is 18.0. The van der Waals surface area contributed by atoms with E-state index >= 15 is 0 Å². The first-order chi connectivity index (χ1) is 12.0. The number of thiophene rings is 1. The van der Waals surface area contributed by atoms with E-state index < -0.39 is 0 Å². The minimum atomic E-state index is 0.212. The molecule has 2 aromatic heterocycles. The van der Waals surface area contributed by atoms with Crippen molar-refractivity contribution < 1.29 is 4.79 Å². The Balaban J connectivity index is 2.04. The van der Waals surface area contributed by atoms with Crippen LogP contribution >= 0.6 is 23.1 Å². The minimum absolute atomic E-state index is 0.212. The molecular formula is C20H22N2OS2. The quantitative estimate of drug-likeness (QED) is 0.402. The molecule has 0 radical (unpaired) electrons. The van der Waals surface area contributed by atoms with Crippen molar-refractivity contribution in [3.05, 3.63) is 41.0 Å². The molecule has 3 aromatic rings. The molecule has 0 aliphatic rings. The second-order valence-electron chi connectivity index (χ2n) is 6.47. The Labute approximate surface area is 156 Å². The summed E-state index contributed by atoms with van der Waals surface area (Å²) in [6.07, 6.45) is 2.19. The van der Waals surface area contributed by atoms with Crippen molar-refractivity contribution in [1.29, 1.82) is 0 Å². The summed E-state index contributed by atoms with van der Waals surface area (Å²) >= 11 is 3.35. The molecule has 0 atom stereocenters. The number of hydrogen-bond donors (Lipinski definition) is 0. The molecule has 0 aliphatic carbocycles. The number of fused-ring (bicyclic) bond motifs is 1. The Hall–Kier alpha value is -1.72. The van der Waals surface area contributed by atoms with Crippen LogP contribution in [0.3, 0.4) is 0 Å². The van der Waals surface area contributed by atoms with E-state index in [2.05, 4.69) is 55.0 Å². The topological polar surface area (TPSA) is 42.9 Å². The van der Waals surface area contributed by atoms with E-state index in [0.29, 0.717) is 12.3 Å². The van der Waals surface area contributed by atoms with E-state index in [1.165, 1.54) is 21.6 Å². The van der Waals surface area contributed by atoms with Crippen LogP contribution in [0.2, 0.25) is 0 Å². The van der Waals surface area contributed by atoms with Crippen LogP contribution in [0.4, 0.5) is 0 Å². The van der Waals surface area contributed by atoms with Crippen molar-refractivity contribution in [1.82, 2.24) is 9.97 Å². The second kappa shape index (κ2) is 7.67. The Morgan fingerprint density at radius 3 is 2.56 bits per heavy atom. The first-order valence-electron chi connectivity index (χ1n) is 8.44. The number of carbonyl (C=O) groups is 1. The molecule has 0 amide bonds. The van der Waals surface area contributed by atoms with Gasteiger partial charge >= 0.3 is 0 Å². The lowest BCUT2D eigenvalue weighted by atomic mass is 9.98. The molecule has 5 heteroatoms. The average Bonchev–Trinajstić information content (AvgIpc) is 2.91. The largest absolute Gasteiger partial charge is 0.300 e. The van der Waals surface area contributed by atoms with Gasteiger partial charge in [-0.15, -0.1) is 23.1 Å². The van der Waals surface area contributed by atoms with E-state index in [4.69, 9.17) is 0 Å². The van der Waals surface area contributed by atoms with E-state index in [1.807, 2.05) is 0 Å². The van der Waals surface area contributed by atoms with Crippen molar-refractivity contribution in [3.63, 3.8) is 0 Å². The van der Waals surface area contributed by atoms with E-state index in [-0.39, 0.29) is 5.78 Å². The summed E-state index contributed by atoms with van der Waals surface area (Å²) in [6.45, 7) is 8.18. The maximum Gasteiger partial charge on any atom is 0.130 e. The Morgan fingerprint density at radius 1 is 1.20 bits per heavy atom. The smallest absolute Gasteiger partial charge is 0.130 e. The van der Waals surface area contributed by atoms with Gasteiger partial charge < -0.3 is 0 Å². The predicted octanol–water partition coefficient (Wildman–Crippen LogP) is 5.86. The van der Waals surface area contributed by atoms with Gasteiger partial charge in [0.1, 0.15) is 22.0 Å². The summed E-state index contributed by atoms with van der Waals surface area (Å²) < 4.78 is 0. The number of nitrogens with zero attached hydrogens (tertiary/aromatic N) is 2. The van der Waals surface area contributed by atoms with Crippen LogP contribution < -0.4 is 0 Å². The summed E-state index contributed by atoms with van der Waals surface area (Å²) in [5.74, 6) is 1.49. The normalized spacial score (nSPS) is 11.4. The van der Waals surface area contributed by atoms with E-state index in [1.54, 1.807) is 36.3 Å². The molecule has 0 N–H and O–H groups in total. The van der Waals surface area contributed by atoms with Crippen LogP contribution in [0.1, 0.15) is 43.6 Å². The average molecular weight is 371 g/mol. The summed E-state index contributed by atoms with van der Waals surface area (Å²) in [5, 5.41) is 2.09. The summed E-state index contributed by atoms with van der Waals surface area (Å²) in [6, 6.07) is 8.80. The maximum atomic E-state index is 11.2. The summed E-state index contributed by atoms with van der Waals surface area (Å²) in [4.78, 5) is 22.5. The van der Waals surface area contributed by atoms with Gasteiger partial charge in [-0.25, -0.2) is 9.97 Å². The van der Waals surface area contributed by atoms with Crippen LogP contribution in [0.5, 0.6) is 0 Å². The molecule has 25 heavy (non-hydrogen) atoms. The number of aryl methyl sites for hydroxylation is 1. The van der Waals surface area contributed by atoms with Crippen LogP contribution in [0.15, 0.2) is 35.6 Å². The van der Waals surface area contributed by atoms with E-state index in [9.17, 15) is 4.79 Å². The molecule has 0 fully saturated rings. The van der Waals surface area contributed by atoms with Crippen molar-refractivity contribution in [2.24, 2.45) is 0 Å². The van der Waals surface area contributed by atoms with Gasteiger partial charge in [-0.1, -0.05) is 38.1 Å². The third kappa shape index (κ3) is 3.93. The first kappa shape index (κ1) is 18.1. The van der Waals surface area contributed by atoms with Crippen molar-refractivity contribution in [2.75, 3.05) is 5.75 Å². The molecular weight excluding hydrogens is 348 g/mol. The maximum absolute atomic E-state index is 11.2. The number of aromatic nitrogens is 2. The van der Waals surface area contributed by atoms with Crippen LogP contribution in [-0.2, 0) is 4.79 Å². The van der Waals surface area contributed by atoms with Crippen LogP contribution in [0.25, 0.3) is 21.3 Å². The van der Waals surface area contributed by atoms with Crippen molar-refractivity contribution in [3.8, 4) is 11.1 Å². The fourth-order valence-corrected chi connectivity index (χ4v) is 4.93. The van der Waals surface area contributed by atoms with Gasteiger partial charge in [0.2, 0.25) is 0 Å². The lowest BCUT2D eigenvalue weighted by molar-refractivity contribution is -0.116. The number of benzene rings is 1. The van der Waals surface area contributed by atoms with Gasteiger partial charge in [-0.2, -0.15) is 0 Å². The number of hydrogen-bond acceptors (Lipinski definition) is 5. The van der Waals surface area contributed by atoms with Crippen molar-refractivity contribution in [2.45, 2.75) is 45.1 Å². The molecule has 130 valence electrons. The highest BCUT2D eigenvalue weighted by Crippen LogP contribution is 2.41. The van der Waals surface area contributed by atoms with Gasteiger partial charge in [-0.05, 0) is 30.9 Å². The highest BCUT2D eigenvalue weighted by atomic mass is 32.2. The molecule has 3 nitrogen and oxygen atoms in total. The van der Waals surface area contributed by atoms with Crippen LogP contribution in [-0.4, -0.2) is 21.5 Å². The third-order valence-electron chi connectivity index (χ3n) is 4.19. The molecule has 0 saturated heterocycles. The zero-order valence-corrected chi connectivity index (χ0v) is 16.6. The molecule has 0 aliphatic heterocycles. The SMILES string of the molecule is CC(=O)CCSc1ncnc2sc(C)c(-c3ccc(C(C)C)cc3)c12. The molecule has 0 saturated carbocycles. The first-order valence-corrected chi connectivity index (χ1v) is 10.2. The third-order valence-corrected chi connectivity index (χ3v) is 6.19. The Bertz CT molecular complexity index is 898. The fourth-order valence-electron chi connectivity index (χ4n) is 2.80. The zero-order valence-electron chi connectivity index (χ0n) is 15.0. The molecule has 0 bridgehead atoms.